The van der Waals surface area contributed by atoms with Gasteiger partial charge in [-0.1, -0.05) is 19.9 Å². The molecule has 1 aliphatic rings. The predicted octanol–water partition coefficient (Wildman–Crippen LogP) is 1.93. The molecule has 0 aliphatic carbocycles. The maximum Gasteiger partial charge on any atom is 0.137 e. The number of hydrogen-bond donors (Lipinski definition) is 2. The number of piperidine rings is 1. The monoisotopic (exact) mass is 292 g/mol. The number of aryl methyl sites for hydroxylation is 1. The van der Waals surface area contributed by atoms with E-state index < -0.39 is 0 Å². The molecule has 0 aromatic heterocycles. The molecule has 1 fully saturated rings. The summed E-state index contributed by atoms with van der Waals surface area (Å²) in [4.78, 5) is 1.52. The molecule has 1 aromatic carbocycles. The van der Waals surface area contributed by atoms with Crippen LogP contribution < -0.4 is 9.64 Å². The molecular weight excluding hydrogens is 262 g/mol. The lowest BCUT2D eigenvalue weighted by molar-refractivity contribution is -0.908. The summed E-state index contributed by atoms with van der Waals surface area (Å²) in [6.45, 7) is 10.1. The fraction of sp³-hybridized carbons (Fsp3) is 0.667. The highest BCUT2D eigenvalue weighted by molar-refractivity contribution is 5.36. The van der Waals surface area contributed by atoms with Crippen molar-refractivity contribution in [2.24, 2.45) is 0 Å². The summed E-state index contributed by atoms with van der Waals surface area (Å²) in [7, 11) is 0. The van der Waals surface area contributed by atoms with Crippen LogP contribution in [0.2, 0.25) is 0 Å². The van der Waals surface area contributed by atoms with Crippen molar-refractivity contribution >= 4 is 0 Å². The average Bonchev–Trinajstić information content (AvgIpc) is 2.46. The molecule has 0 spiro atoms. The molecular formula is C18H30NO2+. The highest BCUT2D eigenvalue weighted by Crippen LogP contribution is 2.23. The zero-order valence-corrected chi connectivity index (χ0v) is 13.7. The number of aliphatic hydroxyl groups excluding tert-OH is 1. The number of ether oxygens (including phenoxy) is 1. The fourth-order valence-corrected chi connectivity index (χ4v) is 3.23. The SMILES string of the molecule is Cc1cc(OCC(O)C[NH+]2CCCCC2)ccc1C(C)C. The smallest absolute Gasteiger partial charge is 0.137 e. The van der Waals surface area contributed by atoms with Crippen molar-refractivity contribution in [3.05, 3.63) is 29.3 Å². The summed E-state index contributed by atoms with van der Waals surface area (Å²) >= 11 is 0. The van der Waals surface area contributed by atoms with Crippen LogP contribution in [0.5, 0.6) is 5.75 Å². The Labute approximate surface area is 128 Å². The molecule has 0 saturated carbocycles. The predicted molar refractivity (Wildman–Crippen MR) is 86.2 cm³/mol. The van der Waals surface area contributed by atoms with E-state index in [2.05, 4.69) is 32.9 Å². The first-order valence-corrected chi connectivity index (χ1v) is 8.31. The standard InChI is InChI=1S/C18H29NO2/c1-14(2)18-8-7-17(11-15(18)3)21-13-16(20)12-19-9-5-4-6-10-19/h7-8,11,14,16,20H,4-6,9-10,12-13H2,1-3H3/p+1. The van der Waals surface area contributed by atoms with Crippen molar-refractivity contribution in [2.75, 3.05) is 26.2 Å². The fourth-order valence-electron chi connectivity index (χ4n) is 3.23. The maximum atomic E-state index is 10.1. The van der Waals surface area contributed by atoms with Gasteiger partial charge in [-0.15, -0.1) is 0 Å². The van der Waals surface area contributed by atoms with Crippen molar-refractivity contribution in [1.29, 1.82) is 0 Å². The topological polar surface area (TPSA) is 33.9 Å². The van der Waals surface area contributed by atoms with E-state index in [1.807, 2.05) is 6.07 Å². The number of quaternary nitrogens is 1. The van der Waals surface area contributed by atoms with Gasteiger partial charge < -0.3 is 14.7 Å². The van der Waals surface area contributed by atoms with Crippen molar-refractivity contribution < 1.29 is 14.7 Å². The van der Waals surface area contributed by atoms with Crippen molar-refractivity contribution in [2.45, 2.75) is 52.1 Å². The molecule has 2 N–H and O–H groups in total. The van der Waals surface area contributed by atoms with Gasteiger partial charge in [-0.05, 0) is 55.4 Å². The lowest BCUT2D eigenvalue weighted by atomic mass is 9.98. The van der Waals surface area contributed by atoms with Gasteiger partial charge in [0, 0.05) is 0 Å². The van der Waals surface area contributed by atoms with Crippen LogP contribution >= 0.6 is 0 Å². The first-order valence-electron chi connectivity index (χ1n) is 8.31. The average molecular weight is 292 g/mol. The number of likely N-dealkylation sites (tertiary alicyclic amines) is 1. The second kappa shape index (κ2) is 7.81. The number of benzene rings is 1. The lowest BCUT2D eigenvalue weighted by Gasteiger charge is -2.25. The van der Waals surface area contributed by atoms with Gasteiger partial charge in [0.15, 0.2) is 0 Å². The molecule has 1 saturated heterocycles. The molecule has 0 radical (unpaired) electrons. The van der Waals surface area contributed by atoms with Crippen LogP contribution in [0, 0.1) is 6.92 Å². The van der Waals surface area contributed by atoms with Crippen molar-refractivity contribution in [1.82, 2.24) is 0 Å². The van der Waals surface area contributed by atoms with Crippen LogP contribution in [0.25, 0.3) is 0 Å². The molecule has 3 heteroatoms. The van der Waals surface area contributed by atoms with E-state index in [9.17, 15) is 5.11 Å². The highest BCUT2D eigenvalue weighted by Gasteiger charge is 2.18. The molecule has 1 atom stereocenters. The molecule has 21 heavy (non-hydrogen) atoms. The van der Waals surface area contributed by atoms with E-state index in [0.29, 0.717) is 12.5 Å². The number of nitrogens with one attached hydrogen (secondary N) is 1. The molecule has 3 nitrogen and oxygen atoms in total. The van der Waals surface area contributed by atoms with E-state index in [-0.39, 0.29) is 6.10 Å². The molecule has 1 aromatic rings. The molecule has 0 amide bonds. The summed E-state index contributed by atoms with van der Waals surface area (Å²) in [5.74, 6) is 1.40. The number of rotatable bonds is 6. The third kappa shape index (κ3) is 5.01. The number of aliphatic hydroxyl groups is 1. The Morgan fingerprint density at radius 1 is 1.19 bits per heavy atom. The Balaban J connectivity index is 1.80. The highest BCUT2D eigenvalue weighted by atomic mass is 16.5. The largest absolute Gasteiger partial charge is 0.491 e. The summed E-state index contributed by atoms with van der Waals surface area (Å²) in [5, 5.41) is 10.1. The third-order valence-corrected chi connectivity index (χ3v) is 4.39. The van der Waals surface area contributed by atoms with Crippen LogP contribution in [0.3, 0.4) is 0 Å². The number of hydrogen-bond acceptors (Lipinski definition) is 2. The van der Waals surface area contributed by atoms with E-state index >= 15 is 0 Å². The Morgan fingerprint density at radius 3 is 2.52 bits per heavy atom. The van der Waals surface area contributed by atoms with E-state index in [0.717, 1.165) is 12.3 Å². The summed E-state index contributed by atoms with van der Waals surface area (Å²) < 4.78 is 5.76. The van der Waals surface area contributed by atoms with Crippen LogP contribution in [0.4, 0.5) is 0 Å². The van der Waals surface area contributed by atoms with Gasteiger partial charge in [0.05, 0.1) is 13.1 Å². The van der Waals surface area contributed by atoms with Crippen LogP contribution in [-0.2, 0) is 0 Å². The molecule has 1 unspecified atom stereocenters. The maximum absolute atomic E-state index is 10.1. The second-order valence-electron chi connectivity index (χ2n) is 6.65. The quantitative estimate of drug-likeness (QED) is 0.840. The van der Waals surface area contributed by atoms with Crippen LogP contribution in [-0.4, -0.2) is 37.5 Å². The second-order valence-corrected chi connectivity index (χ2v) is 6.65. The van der Waals surface area contributed by atoms with E-state index in [1.165, 1.54) is 48.4 Å². The van der Waals surface area contributed by atoms with Gasteiger partial charge >= 0.3 is 0 Å². The molecule has 1 aliphatic heterocycles. The summed E-state index contributed by atoms with van der Waals surface area (Å²) in [6, 6.07) is 6.23. The van der Waals surface area contributed by atoms with E-state index in [4.69, 9.17) is 4.74 Å². The van der Waals surface area contributed by atoms with Crippen molar-refractivity contribution in [3.8, 4) is 5.75 Å². The minimum atomic E-state index is -0.372. The zero-order chi connectivity index (χ0) is 15.2. The van der Waals surface area contributed by atoms with Gasteiger partial charge in [-0.2, -0.15) is 0 Å². The Bertz CT molecular complexity index is 439. The van der Waals surface area contributed by atoms with Crippen molar-refractivity contribution in [3.63, 3.8) is 0 Å². The zero-order valence-electron chi connectivity index (χ0n) is 13.7. The first kappa shape index (κ1) is 16.3. The first-order chi connectivity index (χ1) is 10.1. The minimum absolute atomic E-state index is 0.372. The molecule has 2 rings (SSSR count). The van der Waals surface area contributed by atoms with Gasteiger partial charge in [0.25, 0.3) is 0 Å². The molecule has 118 valence electrons. The Morgan fingerprint density at radius 2 is 1.90 bits per heavy atom. The molecule has 0 bridgehead atoms. The Hall–Kier alpha value is -1.06. The van der Waals surface area contributed by atoms with Gasteiger partial charge in [-0.25, -0.2) is 0 Å². The van der Waals surface area contributed by atoms with Crippen LogP contribution in [0.15, 0.2) is 18.2 Å². The summed E-state index contributed by atoms with van der Waals surface area (Å²) in [5.41, 5.74) is 2.62. The van der Waals surface area contributed by atoms with Gasteiger partial charge in [0.2, 0.25) is 0 Å². The summed E-state index contributed by atoms with van der Waals surface area (Å²) in [6.07, 6.45) is 3.55. The molecule has 1 heterocycles. The normalized spacial score (nSPS) is 18.0. The minimum Gasteiger partial charge on any atom is -0.491 e. The van der Waals surface area contributed by atoms with E-state index in [1.54, 1.807) is 0 Å². The lowest BCUT2D eigenvalue weighted by Crippen LogP contribution is -3.14. The Kier molecular flexibility index (Phi) is 6.07. The third-order valence-electron chi connectivity index (χ3n) is 4.39. The van der Waals surface area contributed by atoms with Gasteiger partial charge in [-0.3, -0.25) is 0 Å². The van der Waals surface area contributed by atoms with Crippen LogP contribution in [0.1, 0.15) is 50.2 Å². The van der Waals surface area contributed by atoms with Gasteiger partial charge in [0.1, 0.15) is 25.0 Å².